The maximum Gasteiger partial charge on any atom is 0.237 e. The van der Waals surface area contributed by atoms with E-state index in [1.165, 1.54) is 11.1 Å². The highest BCUT2D eigenvalue weighted by Gasteiger charge is 2.31. The Bertz CT molecular complexity index is 753. The number of hydrogen-bond acceptors (Lipinski definition) is 4. The fourth-order valence-electron chi connectivity index (χ4n) is 3.17. The third-order valence-electron chi connectivity index (χ3n) is 4.73. The number of hydrogen-bond donors (Lipinski definition) is 3. The molecule has 0 saturated carbocycles. The lowest BCUT2D eigenvalue weighted by molar-refractivity contribution is -0.124. The summed E-state index contributed by atoms with van der Waals surface area (Å²) >= 11 is 0. The molecule has 1 aromatic carbocycles. The monoisotopic (exact) mass is 346 g/mol. The van der Waals surface area contributed by atoms with Crippen LogP contribution in [0.4, 0.5) is 0 Å². The molecule has 25 heavy (non-hydrogen) atoms. The summed E-state index contributed by atoms with van der Waals surface area (Å²) in [4.78, 5) is 16.2. The van der Waals surface area contributed by atoms with Crippen molar-refractivity contribution in [3.63, 3.8) is 0 Å². The van der Waals surface area contributed by atoms with Crippen LogP contribution in [0.5, 0.6) is 0 Å². The fourth-order valence-corrected chi connectivity index (χ4v) is 3.17. The molecule has 4 N–H and O–H groups in total. The van der Waals surface area contributed by atoms with Crippen LogP contribution in [-0.4, -0.2) is 38.8 Å². The smallest absolute Gasteiger partial charge is 0.237 e. The number of aliphatic hydroxyl groups is 1. The minimum Gasteiger partial charge on any atom is -0.390 e. The van der Waals surface area contributed by atoms with Crippen molar-refractivity contribution in [3.8, 4) is 0 Å². The number of carbonyl (C=O) groups is 1. The summed E-state index contributed by atoms with van der Waals surface area (Å²) in [6.07, 6.45) is 1.72. The first kappa shape index (κ1) is 19.4. The Morgan fingerprint density at radius 3 is 2.60 bits per heavy atom. The summed E-state index contributed by atoms with van der Waals surface area (Å²) in [7, 11) is 0. The number of benzene rings is 1. The van der Waals surface area contributed by atoms with Gasteiger partial charge in [0.25, 0.3) is 0 Å². The van der Waals surface area contributed by atoms with Crippen LogP contribution < -0.4 is 11.1 Å². The van der Waals surface area contributed by atoms with Gasteiger partial charge in [-0.05, 0) is 56.4 Å². The molecule has 0 fully saturated rings. The van der Waals surface area contributed by atoms with E-state index in [2.05, 4.69) is 36.3 Å². The standard InChI is InChI=1S/C19H30N4O2/c1-12(2)8-19(5,18(20)25)22-9-15(24)10-23-11-21-16-6-13(3)14(4)7-17(16)23/h6-7,11-12,15,22,24H,8-10H2,1-5H3,(H2,20,25). The Morgan fingerprint density at radius 1 is 1.36 bits per heavy atom. The summed E-state index contributed by atoms with van der Waals surface area (Å²) in [5.74, 6) is -0.0708. The molecule has 2 unspecified atom stereocenters. The van der Waals surface area contributed by atoms with Crippen LogP contribution in [0.15, 0.2) is 18.5 Å². The maximum atomic E-state index is 11.8. The van der Waals surface area contributed by atoms with Gasteiger partial charge < -0.3 is 20.7 Å². The van der Waals surface area contributed by atoms with Gasteiger partial charge in [0.2, 0.25) is 5.91 Å². The minimum atomic E-state index is -0.820. The van der Waals surface area contributed by atoms with Crippen molar-refractivity contribution in [2.24, 2.45) is 11.7 Å². The van der Waals surface area contributed by atoms with Crippen LogP contribution in [0.25, 0.3) is 11.0 Å². The molecule has 2 atom stereocenters. The summed E-state index contributed by atoms with van der Waals surface area (Å²) in [6.45, 7) is 10.7. The first-order valence-corrected chi connectivity index (χ1v) is 8.77. The molecule has 6 nitrogen and oxygen atoms in total. The van der Waals surface area contributed by atoms with E-state index in [1.807, 2.05) is 18.4 Å². The molecular formula is C19H30N4O2. The molecule has 1 aromatic heterocycles. The SMILES string of the molecule is Cc1cc2ncn(CC(O)CNC(C)(CC(C)C)C(N)=O)c2cc1C. The Balaban J connectivity index is 2.06. The second-order valence-corrected chi connectivity index (χ2v) is 7.65. The summed E-state index contributed by atoms with van der Waals surface area (Å²) in [5.41, 5.74) is 9.05. The predicted octanol–water partition coefficient (Wildman–Crippen LogP) is 1.89. The van der Waals surface area contributed by atoms with Crippen LogP contribution in [0.1, 0.15) is 38.3 Å². The number of carbonyl (C=O) groups excluding carboxylic acids is 1. The van der Waals surface area contributed by atoms with E-state index < -0.39 is 17.6 Å². The van der Waals surface area contributed by atoms with Crippen molar-refractivity contribution in [2.45, 2.75) is 59.2 Å². The average Bonchev–Trinajstić information content (AvgIpc) is 2.87. The largest absolute Gasteiger partial charge is 0.390 e. The van der Waals surface area contributed by atoms with Gasteiger partial charge in [0.15, 0.2) is 0 Å². The molecule has 0 aliphatic rings. The van der Waals surface area contributed by atoms with E-state index in [-0.39, 0.29) is 6.54 Å². The molecular weight excluding hydrogens is 316 g/mol. The van der Waals surface area contributed by atoms with Crippen molar-refractivity contribution in [2.75, 3.05) is 6.54 Å². The lowest BCUT2D eigenvalue weighted by Crippen LogP contribution is -2.55. The van der Waals surface area contributed by atoms with Crippen molar-refractivity contribution >= 4 is 16.9 Å². The number of aliphatic hydroxyl groups excluding tert-OH is 1. The molecule has 138 valence electrons. The Hall–Kier alpha value is -1.92. The van der Waals surface area contributed by atoms with Gasteiger partial charge in [0.1, 0.15) is 0 Å². The zero-order valence-corrected chi connectivity index (χ0v) is 15.8. The van der Waals surface area contributed by atoms with Crippen molar-refractivity contribution in [1.29, 1.82) is 0 Å². The molecule has 2 aromatic rings. The molecule has 0 radical (unpaired) electrons. The lowest BCUT2D eigenvalue weighted by atomic mass is 9.90. The number of aryl methyl sites for hydroxylation is 2. The van der Waals surface area contributed by atoms with Crippen molar-refractivity contribution < 1.29 is 9.90 Å². The Kier molecular flexibility index (Phi) is 5.85. The van der Waals surface area contributed by atoms with Gasteiger partial charge >= 0.3 is 0 Å². The topological polar surface area (TPSA) is 93.2 Å². The number of β-amino-alcohol motifs (C(OH)–C–C–N with tert-alkyl or cyclic N) is 1. The number of amides is 1. The van der Waals surface area contributed by atoms with Gasteiger partial charge in [-0.25, -0.2) is 4.98 Å². The third kappa shape index (κ3) is 4.58. The third-order valence-corrected chi connectivity index (χ3v) is 4.73. The molecule has 1 heterocycles. The number of aromatic nitrogens is 2. The molecule has 0 aliphatic carbocycles. The summed E-state index contributed by atoms with van der Waals surface area (Å²) in [6, 6.07) is 4.14. The summed E-state index contributed by atoms with van der Waals surface area (Å²) in [5, 5.41) is 13.6. The highest BCUT2D eigenvalue weighted by atomic mass is 16.3. The van der Waals surface area contributed by atoms with Crippen LogP contribution in [0.3, 0.4) is 0 Å². The predicted molar refractivity (Wildman–Crippen MR) is 100 cm³/mol. The molecule has 0 aliphatic heterocycles. The van der Waals surface area contributed by atoms with Gasteiger partial charge in [0.05, 0.1) is 35.5 Å². The first-order valence-electron chi connectivity index (χ1n) is 8.77. The van der Waals surface area contributed by atoms with Gasteiger partial charge in [-0.3, -0.25) is 4.79 Å². The van der Waals surface area contributed by atoms with Crippen LogP contribution in [0.2, 0.25) is 0 Å². The number of nitrogens with two attached hydrogens (primary N) is 1. The second-order valence-electron chi connectivity index (χ2n) is 7.65. The first-order chi connectivity index (χ1) is 11.6. The number of rotatable bonds is 8. The Morgan fingerprint density at radius 2 is 2.00 bits per heavy atom. The molecule has 0 bridgehead atoms. The normalized spacial score (nSPS) is 15.5. The number of fused-ring (bicyclic) bond motifs is 1. The van der Waals surface area contributed by atoms with Gasteiger partial charge in [-0.2, -0.15) is 0 Å². The number of nitrogens with one attached hydrogen (secondary N) is 1. The van der Waals surface area contributed by atoms with E-state index in [0.717, 1.165) is 11.0 Å². The number of primary amides is 1. The molecule has 1 amide bonds. The van der Waals surface area contributed by atoms with Gasteiger partial charge in [-0.1, -0.05) is 13.8 Å². The number of imidazole rings is 1. The van der Waals surface area contributed by atoms with Crippen LogP contribution >= 0.6 is 0 Å². The van der Waals surface area contributed by atoms with Crippen molar-refractivity contribution in [3.05, 3.63) is 29.6 Å². The van der Waals surface area contributed by atoms with Gasteiger partial charge in [-0.15, -0.1) is 0 Å². The van der Waals surface area contributed by atoms with Crippen LogP contribution in [-0.2, 0) is 11.3 Å². The molecule has 6 heteroatoms. The van der Waals surface area contributed by atoms with Crippen molar-refractivity contribution in [1.82, 2.24) is 14.9 Å². The lowest BCUT2D eigenvalue weighted by Gasteiger charge is -2.30. The fraction of sp³-hybridized carbons (Fsp3) is 0.579. The van der Waals surface area contributed by atoms with E-state index in [1.54, 1.807) is 13.3 Å². The zero-order chi connectivity index (χ0) is 18.8. The molecule has 2 rings (SSSR count). The molecule has 0 spiro atoms. The van der Waals surface area contributed by atoms with E-state index in [9.17, 15) is 9.90 Å². The highest BCUT2D eigenvalue weighted by molar-refractivity contribution is 5.84. The number of nitrogens with zero attached hydrogens (tertiary/aromatic N) is 2. The Labute approximate surface area is 149 Å². The molecule has 0 saturated heterocycles. The average molecular weight is 346 g/mol. The maximum absolute atomic E-state index is 11.8. The quantitative estimate of drug-likeness (QED) is 0.680. The van der Waals surface area contributed by atoms with Crippen LogP contribution in [0, 0.1) is 19.8 Å². The van der Waals surface area contributed by atoms with E-state index in [4.69, 9.17) is 5.73 Å². The highest BCUT2D eigenvalue weighted by Crippen LogP contribution is 2.19. The minimum absolute atomic E-state index is 0.288. The zero-order valence-electron chi connectivity index (χ0n) is 15.8. The second kappa shape index (κ2) is 7.54. The summed E-state index contributed by atoms with van der Waals surface area (Å²) < 4.78 is 1.94. The van der Waals surface area contributed by atoms with Gasteiger partial charge in [0, 0.05) is 6.54 Å². The van der Waals surface area contributed by atoms with E-state index in [0.29, 0.717) is 18.9 Å². The van der Waals surface area contributed by atoms with E-state index >= 15 is 0 Å².